The molecule has 0 fully saturated rings. The number of carbonyl (C=O) groups is 1. The van der Waals surface area contributed by atoms with Crippen LogP contribution in [-0.2, 0) is 22.5 Å². The molecule has 4 heteroatoms. The van der Waals surface area contributed by atoms with Gasteiger partial charge in [-0.25, -0.2) is 4.98 Å². The molecule has 0 spiro atoms. The van der Waals surface area contributed by atoms with Crippen molar-refractivity contribution in [2.24, 2.45) is 5.41 Å². The van der Waals surface area contributed by atoms with Gasteiger partial charge in [-0.1, -0.05) is 20.8 Å². The van der Waals surface area contributed by atoms with Crippen LogP contribution in [0.5, 0.6) is 0 Å². The lowest BCUT2D eigenvalue weighted by atomic mass is 9.92. The van der Waals surface area contributed by atoms with Crippen molar-refractivity contribution in [2.75, 3.05) is 7.11 Å². The Morgan fingerprint density at radius 1 is 1.53 bits per heavy atom. The molecule has 0 aliphatic carbocycles. The van der Waals surface area contributed by atoms with E-state index in [0.29, 0.717) is 0 Å². The van der Waals surface area contributed by atoms with Gasteiger partial charge in [0.1, 0.15) is 12.4 Å². The molecule has 0 bridgehead atoms. The molecule has 0 saturated heterocycles. The summed E-state index contributed by atoms with van der Waals surface area (Å²) in [4.78, 5) is 15.4. The van der Waals surface area contributed by atoms with Gasteiger partial charge < -0.3 is 9.30 Å². The van der Waals surface area contributed by atoms with Gasteiger partial charge in [-0.15, -0.1) is 0 Å². The Labute approximate surface area is 90.3 Å². The Balaban J connectivity index is 2.74. The zero-order valence-corrected chi connectivity index (χ0v) is 9.78. The minimum atomic E-state index is -0.247. The summed E-state index contributed by atoms with van der Waals surface area (Å²) in [6, 6.07) is 0. The highest BCUT2D eigenvalue weighted by molar-refractivity contribution is 5.69. The molecule has 15 heavy (non-hydrogen) atoms. The van der Waals surface area contributed by atoms with Crippen LogP contribution in [0, 0.1) is 5.41 Å². The van der Waals surface area contributed by atoms with Gasteiger partial charge in [0, 0.05) is 18.8 Å². The van der Waals surface area contributed by atoms with Crippen molar-refractivity contribution >= 4 is 5.97 Å². The first-order valence-electron chi connectivity index (χ1n) is 4.99. The van der Waals surface area contributed by atoms with Crippen molar-refractivity contribution < 1.29 is 9.53 Å². The van der Waals surface area contributed by atoms with Crippen LogP contribution in [0.1, 0.15) is 26.6 Å². The summed E-state index contributed by atoms with van der Waals surface area (Å²) in [7, 11) is 1.39. The summed E-state index contributed by atoms with van der Waals surface area (Å²) in [5.41, 5.74) is 0.166. The number of aromatic nitrogens is 2. The largest absolute Gasteiger partial charge is 0.468 e. The lowest BCUT2D eigenvalue weighted by molar-refractivity contribution is -0.141. The maximum Gasteiger partial charge on any atom is 0.325 e. The molecule has 0 saturated carbocycles. The van der Waals surface area contributed by atoms with Crippen molar-refractivity contribution in [3.63, 3.8) is 0 Å². The third kappa shape index (κ3) is 3.73. The molecule has 4 nitrogen and oxygen atoms in total. The predicted molar refractivity (Wildman–Crippen MR) is 57.4 cm³/mol. The Kier molecular flexibility index (Phi) is 3.50. The lowest BCUT2D eigenvalue weighted by Crippen LogP contribution is -2.18. The minimum absolute atomic E-state index is 0.166. The third-order valence-corrected chi connectivity index (χ3v) is 2.02. The third-order valence-electron chi connectivity index (χ3n) is 2.02. The zero-order valence-electron chi connectivity index (χ0n) is 9.78. The first-order valence-corrected chi connectivity index (χ1v) is 4.99. The highest BCUT2D eigenvalue weighted by atomic mass is 16.5. The van der Waals surface area contributed by atoms with Crippen molar-refractivity contribution in [2.45, 2.75) is 33.7 Å². The number of imidazole rings is 1. The summed E-state index contributed by atoms with van der Waals surface area (Å²) in [6.07, 6.45) is 4.36. The number of ether oxygens (including phenoxy) is 1. The number of esters is 1. The lowest BCUT2D eigenvalue weighted by Gasteiger charge is -2.18. The van der Waals surface area contributed by atoms with Gasteiger partial charge in [-0.2, -0.15) is 0 Å². The van der Waals surface area contributed by atoms with E-state index >= 15 is 0 Å². The van der Waals surface area contributed by atoms with Crippen LogP contribution in [0.25, 0.3) is 0 Å². The molecule has 0 aromatic carbocycles. The SMILES string of the molecule is COC(=O)Cn1ccnc1CC(C)(C)C. The molecule has 0 radical (unpaired) electrons. The van der Waals surface area contributed by atoms with Crippen LogP contribution in [0.2, 0.25) is 0 Å². The van der Waals surface area contributed by atoms with E-state index in [1.54, 1.807) is 12.4 Å². The fourth-order valence-electron chi connectivity index (χ4n) is 1.33. The zero-order chi connectivity index (χ0) is 11.5. The first-order chi connectivity index (χ1) is 6.92. The molecule has 84 valence electrons. The fraction of sp³-hybridized carbons (Fsp3) is 0.636. The van der Waals surface area contributed by atoms with Gasteiger partial charge in [0.25, 0.3) is 0 Å². The molecule has 0 aliphatic rings. The number of rotatable bonds is 3. The minimum Gasteiger partial charge on any atom is -0.468 e. The maximum absolute atomic E-state index is 11.1. The molecular formula is C11H18N2O2. The molecule has 0 atom stereocenters. The van der Waals surface area contributed by atoms with Crippen LogP contribution in [0.15, 0.2) is 12.4 Å². The summed E-state index contributed by atoms with van der Waals surface area (Å²) >= 11 is 0. The molecule has 0 amide bonds. The highest BCUT2D eigenvalue weighted by Gasteiger charge is 2.16. The molecular weight excluding hydrogens is 192 g/mol. The monoisotopic (exact) mass is 210 g/mol. The fourth-order valence-corrected chi connectivity index (χ4v) is 1.33. The average molecular weight is 210 g/mol. The van der Waals surface area contributed by atoms with Gasteiger partial charge in [-0.05, 0) is 5.41 Å². The van der Waals surface area contributed by atoms with E-state index in [0.717, 1.165) is 12.2 Å². The Morgan fingerprint density at radius 2 is 2.20 bits per heavy atom. The van der Waals surface area contributed by atoms with Crippen molar-refractivity contribution in [3.8, 4) is 0 Å². The van der Waals surface area contributed by atoms with E-state index in [1.807, 2.05) is 4.57 Å². The number of hydrogen-bond acceptors (Lipinski definition) is 3. The second kappa shape index (κ2) is 4.47. The van der Waals surface area contributed by atoms with Crippen LogP contribution in [0.4, 0.5) is 0 Å². The second-order valence-corrected chi connectivity index (χ2v) is 4.78. The normalized spacial score (nSPS) is 11.5. The Morgan fingerprint density at radius 3 is 2.73 bits per heavy atom. The Hall–Kier alpha value is -1.32. The van der Waals surface area contributed by atoms with Gasteiger partial charge >= 0.3 is 5.97 Å². The second-order valence-electron chi connectivity index (χ2n) is 4.78. The molecule has 1 aromatic rings. The number of carbonyl (C=O) groups excluding carboxylic acids is 1. The maximum atomic E-state index is 11.1. The topological polar surface area (TPSA) is 44.1 Å². The molecule has 1 rings (SSSR count). The molecule has 0 unspecified atom stereocenters. The van der Waals surface area contributed by atoms with Crippen LogP contribution >= 0.6 is 0 Å². The van der Waals surface area contributed by atoms with Crippen molar-refractivity contribution in [3.05, 3.63) is 18.2 Å². The first kappa shape index (κ1) is 11.8. The summed E-state index contributed by atoms with van der Waals surface area (Å²) in [5, 5.41) is 0. The van der Waals surface area contributed by atoms with E-state index in [4.69, 9.17) is 0 Å². The van der Waals surface area contributed by atoms with Gasteiger partial charge in [0.15, 0.2) is 0 Å². The predicted octanol–water partition coefficient (Wildman–Crippen LogP) is 1.64. The Bertz CT molecular complexity index is 337. The van der Waals surface area contributed by atoms with Gasteiger partial charge in [0.05, 0.1) is 7.11 Å². The van der Waals surface area contributed by atoms with E-state index in [1.165, 1.54) is 7.11 Å². The van der Waals surface area contributed by atoms with Crippen LogP contribution < -0.4 is 0 Å². The molecule has 1 heterocycles. The number of nitrogens with zero attached hydrogens (tertiary/aromatic N) is 2. The van der Waals surface area contributed by atoms with E-state index in [9.17, 15) is 4.79 Å². The molecule has 0 aliphatic heterocycles. The van der Waals surface area contributed by atoms with Crippen LogP contribution in [0.3, 0.4) is 0 Å². The quantitative estimate of drug-likeness (QED) is 0.712. The molecule has 1 aromatic heterocycles. The number of methoxy groups -OCH3 is 1. The number of hydrogen-bond donors (Lipinski definition) is 0. The van der Waals surface area contributed by atoms with E-state index in [-0.39, 0.29) is 17.9 Å². The van der Waals surface area contributed by atoms with Crippen molar-refractivity contribution in [1.82, 2.24) is 9.55 Å². The summed E-state index contributed by atoms with van der Waals surface area (Å²) in [5.74, 6) is 0.677. The summed E-state index contributed by atoms with van der Waals surface area (Å²) < 4.78 is 6.45. The van der Waals surface area contributed by atoms with Crippen molar-refractivity contribution in [1.29, 1.82) is 0 Å². The molecule has 0 N–H and O–H groups in total. The average Bonchev–Trinajstić information content (AvgIpc) is 2.50. The van der Waals surface area contributed by atoms with E-state index in [2.05, 4.69) is 30.5 Å². The summed E-state index contributed by atoms with van der Waals surface area (Å²) in [6.45, 7) is 6.67. The standard InChI is InChI=1S/C11H18N2O2/c1-11(2,3)7-9-12-5-6-13(9)8-10(14)15-4/h5-6H,7-8H2,1-4H3. The van der Waals surface area contributed by atoms with Crippen LogP contribution in [-0.4, -0.2) is 22.6 Å². The van der Waals surface area contributed by atoms with Gasteiger partial charge in [0.2, 0.25) is 0 Å². The highest BCUT2D eigenvalue weighted by Crippen LogP contribution is 2.19. The van der Waals surface area contributed by atoms with E-state index < -0.39 is 0 Å². The smallest absolute Gasteiger partial charge is 0.325 e. The van der Waals surface area contributed by atoms with Gasteiger partial charge in [-0.3, -0.25) is 4.79 Å².